The first-order valence-corrected chi connectivity index (χ1v) is 11.2. The van der Waals surface area contributed by atoms with Crippen LogP contribution in [0.25, 0.3) is 0 Å². The van der Waals surface area contributed by atoms with Gasteiger partial charge in [0.15, 0.2) is 29.7 Å². The number of morpholine rings is 1. The fourth-order valence-electron chi connectivity index (χ4n) is 3.89. The molecule has 0 amide bonds. The zero-order chi connectivity index (χ0) is 27.7. The minimum atomic E-state index is -2.58. The number of aliphatic hydroxyl groups is 3. The lowest BCUT2D eigenvalue weighted by Gasteiger charge is -2.45. The van der Waals surface area contributed by atoms with E-state index in [-0.39, 0.29) is 16.7 Å². The fourth-order valence-corrected chi connectivity index (χ4v) is 3.89. The van der Waals surface area contributed by atoms with Gasteiger partial charge in [0.1, 0.15) is 5.54 Å². The number of benzene rings is 2. The number of fused-ring (bicyclic) bond motifs is 1. The smallest absolute Gasteiger partial charge is 0.273 e. The molecule has 0 saturated carbocycles. The Balaban J connectivity index is 1.60. The van der Waals surface area contributed by atoms with Crippen molar-refractivity contribution in [1.29, 1.82) is 5.26 Å². The monoisotopic (exact) mass is 522 g/mol. The highest BCUT2D eigenvalue weighted by atomic mass is 16.6. The van der Waals surface area contributed by atoms with Crippen LogP contribution >= 0.6 is 0 Å². The Hall–Kier alpha value is -4.54. The second kappa shape index (κ2) is 10.1. The lowest BCUT2D eigenvalue weighted by atomic mass is 9.87. The third kappa shape index (κ3) is 4.62. The van der Waals surface area contributed by atoms with E-state index in [9.17, 15) is 39.9 Å². The number of phenols is 2. The number of carbonyl (C=O) groups excluding carboxylic acids is 3. The molecule has 1 unspecified atom stereocenters. The third-order valence-electron chi connectivity index (χ3n) is 6.14. The van der Waals surface area contributed by atoms with E-state index in [0.717, 1.165) is 24.3 Å². The summed E-state index contributed by atoms with van der Waals surface area (Å²) in [6.45, 7) is -2.33. The Morgan fingerprint density at radius 1 is 1.05 bits per heavy atom. The molecule has 0 radical (unpaired) electrons. The number of nitriles is 1. The molecule has 6 N–H and O–H groups in total. The van der Waals surface area contributed by atoms with Crippen LogP contribution in [0.5, 0.6) is 17.2 Å². The number of hydrogen-bond donors (Lipinski definition) is 6. The molecule has 12 nitrogen and oxygen atoms in total. The maximum Gasteiger partial charge on any atom is 0.273 e. The molecule has 1 saturated heterocycles. The third-order valence-corrected chi connectivity index (χ3v) is 6.14. The molecule has 1 fully saturated rings. The van der Waals surface area contributed by atoms with Gasteiger partial charge in [-0.15, -0.1) is 0 Å². The van der Waals surface area contributed by atoms with Crippen LogP contribution in [0.4, 0.5) is 0 Å². The van der Waals surface area contributed by atoms with Gasteiger partial charge in [-0.05, 0) is 48.6 Å². The minimum absolute atomic E-state index is 0.235. The first kappa shape index (κ1) is 26.5. The summed E-state index contributed by atoms with van der Waals surface area (Å²) >= 11 is 0. The van der Waals surface area contributed by atoms with Gasteiger partial charge in [0.2, 0.25) is 11.5 Å². The number of hydrogen-bond acceptors (Lipinski definition) is 12. The van der Waals surface area contributed by atoms with Gasteiger partial charge < -0.3 is 40.3 Å². The van der Waals surface area contributed by atoms with Gasteiger partial charge in [-0.25, -0.2) is 0 Å². The summed E-state index contributed by atoms with van der Waals surface area (Å²) in [6.07, 6.45) is 2.00. The molecule has 0 aromatic heterocycles. The van der Waals surface area contributed by atoms with Crippen molar-refractivity contribution in [3.8, 4) is 23.3 Å². The van der Waals surface area contributed by atoms with Gasteiger partial charge in [-0.3, -0.25) is 14.4 Å². The van der Waals surface area contributed by atoms with Gasteiger partial charge in [-0.1, -0.05) is 0 Å². The molecule has 0 spiro atoms. The predicted molar refractivity (Wildman–Crippen MR) is 127 cm³/mol. The Bertz CT molecular complexity index is 1390. The summed E-state index contributed by atoms with van der Waals surface area (Å²) in [5.41, 5.74) is -1.89. The second-order valence-electron chi connectivity index (χ2n) is 8.71. The van der Waals surface area contributed by atoms with Crippen LogP contribution in [-0.2, 0) is 9.53 Å². The predicted octanol–water partition coefficient (Wildman–Crippen LogP) is -0.161. The number of allylic oxidation sites excluding steroid dienone is 2. The normalized spacial score (nSPS) is 19.8. The van der Waals surface area contributed by atoms with E-state index >= 15 is 0 Å². The number of phenolic OH excluding ortho intramolecular Hbond substituents is 2. The number of rotatable bonds is 8. The van der Waals surface area contributed by atoms with Crippen LogP contribution in [-0.4, -0.2) is 80.6 Å². The van der Waals surface area contributed by atoms with E-state index < -0.39 is 78.0 Å². The van der Waals surface area contributed by atoms with Crippen LogP contribution in [0.3, 0.4) is 0 Å². The highest BCUT2D eigenvalue weighted by Crippen LogP contribution is 2.39. The summed E-state index contributed by atoms with van der Waals surface area (Å²) in [5.74, 6) is -6.66. The topological polar surface area (TPSA) is 207 Å². The van der Waals surface area contributed by atoms with E-state index in [1.54, 1.807) is 0 Å². The second-order valence-corrected chi connectivity index (χ2v) is 8.71. The van der Waals surface area contributed by atoms with Gasteiger partial charge in [-0.2, -0.15) is 5.26 Å². The van der Waals surface area contributed by atoms with Crippen molar-refractivity contribution >= 4 is 17.3 Å². The Morgan fingerprint density at radius 3 is 2.26 bits per heavy atom. The molecule has 1 aliphatic carbocycles. The van der Waals surface area contributed by atoms with Crippen molar-refractivity contribution in [2.45, 2.75) is 11.3 Å². The van der Waals surface area contributed by atoms with Gasteiger partial charge in [0, 0.05) is 16.7 Å². The van der Waals surface area contributed by atoms with E-state index in [4.69, 9.17) is 14.7 Å². The summed E-state index contributed by atoms with van der Waals surface area (Å²) in [5, 5.41) is 62.6. The lowest BCUT2D eigenvalue weighted by Crippen LogP contribution is -2.67. The SMILES string of the molecule is N#Cc1ccc(C(=O)COc2c(O)cc(C(=O)C3=C4NC(CO)(CO)COC4(O)C(=O)C=C3)cc2O)cc1. The van der Waals surface area contributed by atoms with Gasteiger partial charge >= 0.3 is 0 Å². The quantitative estimate of drug-likeness (QED) is 0.250. The number of aromatic hydroxyl groups is 2. The summed E-state index contributed by atoms with van der Waals surface area (Å²) in [7, 11) is 0. The molecular formula is C26H22N2O10. The number of Topliss-reactive ketones (excluding diaryl/α,β-unsaturated/α-hetero) is 2. The fraction of sp³-hybridized carbons (Fsp3) is 0.231. The first-order chi connectivity index (χ1) is 18.1. The number of nitrogens with zero attached hydrogens (tertiary/aromatic N) is 1. The van der Waals surface area contributed by atoms with Crippen molar-refractivity contribution in [1.82, 2.24) is 5.32 Å². The minimum Gasteiger partial charge on any atom is -0.504 e. The Kier molecular flexibility index (Phi) is 7.03. The number of ether oxygens (including phenoxy) is 2. The Labute approximate surface area is 215 Å². The van der Waals surface area contributed by atoms with E-state index in [1.807, 2.05) is 6.07 Å². The molecule has 2 aromatic carbocycles. The number of aliphatic hydroxyl groups excluding tert-OH is 2. The zero-order valence-electron chi connectivity index (χ0n) is 19.7. The van der Waals surface area contributed by atoms with E-state index in [0.29, 0.717) is 5.56 Å². The van der Waals surface area contributed by atoms with Gasteiger partial charge in [0.25, 0.3) is 5.79 Å². The highest BCUT2D eigenvalue weighted by molar-refractivity contribution is 6.15. The zero-order valence-corrected chi connectivity index (χ0v) is 19.7. The Morgan fingerprint density at radius 2 is 1.68 bits per heavy atom. The highest BCUT2D eigenvalue weighted by Gasteiger charge is 2.52. The van der Waals surface area contributed by atoms with E-state index in [2.05, 4.69) is 5.32 Å². The molecule has 1 aliphatic heterocycles. The first-order valence-electron chi connectivity index (χ1n) is 11.2. The molecule has 38 heavy (non-hydrogen) atoms. The molecule has 2 aromatic rings. The number of carbonyl (C=O) groups is 3. The van der Waals surface area contributed by atoms with Crippen LogP contribution in [0.1, 0.15) is 26.3 Å². The van der Waals surface area contributed by atoms with Crippen LogP contribution < -0.4 is 10.1 Å². The maximum absolute atomic E-state index is 13.3. The molecule has 4 rings (SSSR count). The van der Waals surface area contributed by atoms with Crippen molar-refractivity contribution in [2.24, 2.45) is 0 Å². The molecule has 2 aliphatic rings. The molecule has 1 atom stereocenters. The van der Waals surface area contributed by atoms with Crippen molar-refractivity contribution in [2.75, 3.05) is 26.4 Å². The number of nitrogens with one attached hydrogen (secondary N) is 1. The maximum atomic E-state index is 13.3. The van der Waals surface area contributed by atoms with Crippen molar-refractivity contribution in [3.63, 3.8) is 0 Å². The lowest BCUT2D eigenvalue weighted by molar-refractivity contribution is -0.212. The van der Waals surface area contributed by atoms with Crippen LogP contribution in [0.2, 0.25) is 0 Å². The molecule has 0 bridgehead atoms. The van der Waals surface area contributed by atoms with E-state index in [1.165, 1.54) is 24.3 Å². The summed E-state index contributed by atoms with van der Waals surface area (Å²) in [6, 6.07) is 9.58. The summed E-state index contributed by atoms with van der Waals surface area (Å²) in [4.78, 5) is 38.0. The molecule has 1 heterocycles. The van der Waals surface area contributed by atoms with Gasteiger partial charge in [0.05, 0.1) is 37.2 Å². The molecular weight excluding hydrogens is 500 g/mol. The standard InChI is InChI=1S/C26H22N2O10/c27-9-14-1-3-15(4-2-14)20(33)10-37-23-18(31)7-16(8-19(23)32)22(35)17-5-6-21(34)26(36)24(17)28-25(11-29,12-30)13-38-26/h1-8,28-32,36H,10-13H2. The molecule has 196 valence electrons. The average molecular weight is 522 g/mol. The average Bonchev–Trinajstić information content (AvgIpc) is 2.92. The largest absolute Gasteiger partial charge is 0.504 e. The summed E-state index contributed by atoms with van der Waals surface area (Å²) < 4.78 is 10.5. The van der Waals surface area contributed by atoms with Crippen molar-refractivity contribution < 1.29 is 49.4 Å². The van der Waals surface area contributed by atoms with Crippen LogP contribution in [0, 0.1) is 11.3 Å². The van der Waals surface area contributed by atoms with Crippen LogP contribution in [0.15, 0.2) is 59.8 Å². The number of ketones is 3. The molecule has 12 heteroatoms. The van der Waals surface area contributed by atoms with Crippen molar-refractivity contribution in [3.05, 3.63) is 76.5 Å².